The summed E-state index contributed by atoms with van der Waals surface area (Å²) in [4.78, 5) is 25.0. The topological polar surface area (TPSA) is 84.6 Å². The largest absolute Gasteiger partial charge is 0.369 e. The molecule has 7 nitrogen and oxygen atoms in total. The van der Waals surface area contributed by atoms with E-state index in [-0.39, 0.29) is 6.10 Å². The highest BCUT2D eigenvalue weighted by molar-refractivity contribution is 5.94. The fraction of sp³-hybridized carbons (Fsp3) is 0.421. The Morgan fingerprint density at radius 1 is 1.42 bits per heavy atom. The molecule has 3 rings (SSSR count). The molecule has 1 aromatic carbocycles. The predicted molar refractivity (Wildman–Crippen MR) is 101 cm³/mol. The number of hydrogen-bond donors (Lipinski definition) is 1. The number of likely N-dealkylation sites (N-methyl/N-ethyl adjacent to an activating group) is 1. The molecule has 1 aliphatic heterocycles. The highest BCUT2D eigenvalue weighted by Crippen LogP contribution is 2.31. The number of carbonyl (C=O) groups is 1. The molecule has 7 heteroatoms. The van der Waals surface area contributed by atoms with Crippen LogP contribution in [-0.4, -0.2) is 61.1 Å². The van der Waals surface area contributed by atoms with Crippen LogP contribution in [0, 0.1) is 0 Å². The number of benzene rings is 1. The van der Waals surface area contributed by atoms with Crippen molar-refractivity contribution in [2.45, 2.75) is 13.0 Å². The van der Waals surface area contributed by atoms with Gasteiger partial charge >= 0.3 is 0 Å². The van der Waals surface area contributed by atoms with Crippen molar-refractivity contribution in [2.24, 2.45) is 5.73 Å². The summed E-state index contributed by atoms with van der Waals surface area (Å²) in [5.74, 6) is 0.178. The first-order chi connectivity index (χ1) is 12.5. The smallest absolute Gasteiger partial charge is 0.248 e. The fourth-order valence-electron chi connectivity index (χ4n) is 3.06. The zero-order valence-corrected chi connectivity index (χ0v) is 15.5. The van der Waals surface area contributed by atoms with E-state index in [0.29, 0.717) is 18.1 Å². The van der Waals surface area contributed by atoms with E-state index in [4.69, 9.17) is 15.5 Å². The van der Waals surface area contributed by atoms with Gasteiger partial charge in [0.05, 0.1) is 12.3 Å². The van der Waals surface area contributed by atoms with Gasteiger partial charge < -0.3 is 15.4 Å². The van der Waals surface area contributed by atoms with E-state index in [1.807, 2.05) is 31.1 Å². The van der Waals surface area contributed by atoms with Crippen molar-refractivity contribution >= 4 is 11.9 Å². The Morgan fingerprint density at radius 2 is 2.23 bits per heavy atom. The number of primary amides is 1. The van der Waals surface area contributed by atoms with Crippen LogP contribution >= 0.6 is 0 Å². The normalized spacial score (nSPS) is 17.9. The van der Waals surface area contributed by atoms with E-state index in [2.05, 4.69) is 16.8 Å². The van der Waals surface area contributed by atoms with Gasteiger partial charge in [0, 0.05) is 44.5 Å². The molecule has 0 radical (unpaired) electrons. The average molecular weight is 355 g/mol. The Morgan fingerprint density at radius 3 is 2.92 bits per heavy atom. The Balaban J connectivity index is 2.07. The Hall–Kier alpha value is -2.51. The van der Waals surface area contributed by atoms with Crippen LogP contribution in [-0.2, 0) is 4.74 Å². The molecule has 26 heavy (non-hydrogen) atoms. The van der Waals surface area contributed by atoms with Gasteiger partial charge in [-0.1, -0.05) is 19.1 Å². The minimum atomic E-state index is -0.453. The SMILES string of the molecule is CCN1CCO[C@@H](c2nc(N(C)C)ncc2-c2cccc(C(N)=O)c2)C1. The van der Waals surface area contributed by atoms with Crippen molar-refractivity contribution in [3.63, 3.8) is 0 Å². The molecule has 1 aromatic heterocycles. The maximum Gasteiger partial charge on any atom is 0.248 e. The molecule has 2 heterocycles. The molecule has 0 spiro atoms. The maximum atomic E-state index is 11.5. The fourth-order valence-corrected chi connectivity index (χ4v) is 3.06. The molecule has 1 aliphatic rings. The van der Waals surface area contributed by atoms with Gasteiger partial charge in [-0.05, 0) is 24.2 Å². The monoisotopic (exact) mass is 355 g/mol. The summed E-state index contributed by atoms with van der Waals surface area (Å²) in [7, 11) is 3.82. The highest BCUT2D eigenvalue weighted by Gasteiger charge is 2.26. The Labute approximate surface area is 153 Å². The summed E-state index contributed by atoms with van der Waals surface area (Å²) in [6.45, 7) is 5.48. The van der Waals surface area contributed by atoms with Crippen molar-refractivity contribution in [3.05, 3.63) is 41.7 Å². The summed E-state index contributed by atoms with van der Waals surface area (Å²) in [5, 5.41) is 0. The van der Waals surface area contributed by atoms with E-state index in [0.717, 1.165) is 36.5 Å². The molecule has 2 N–H and O–H groups in total. The first kappa shape index (κ1) is 18.3. The second-order valence-corrected chi connectivity index (χ2v) is 6.56. The first-order valence-electron chi connectivity index (χ1n) is 8.78. The number of nitrogens with two attached hydrogens (primary N) is 1. The summed E-state index contributed by atoms with van der Waals surface area (Å²) >= 11 is 0. The first-order valence-corrected chi connectivity index (χ1v) is 8.78. The number of amides is 1. The molecule has 0 saturated carbocycles. The molecule has 0 unspecified atom stereocenters. The zero-order chi connectivity index (χ0) is 18.7. The summed E-state index contributed by atoms with van der Waals surface area (Å²) < 4.78 is 6.03. The third-order valence-corrected chi connectivity index (χ3v) is 4.57. The van der Waals surface area contributed by atoms with E-state index < -0.39 is 5.91 Å². The average Bonchev–Trinajstić information content (AvgIpc) is 2.67. The zero-order valence-electron chi connectivity index (χ0n) is 15.5. The lowest BCUT2D eigenvalue weighted by molar-refractivity contribution is -0.0299. The third-order valence-electron chi connectivity index (χ3n) is 4.57. The van der Waals surface area contributed by atoms with Crippen molar-refractivity contribution in [1.29, 1.82) is 0 Å². The van der Waals surface area contributed by atoms with Crippen LogP contribution in [0.2, 0.25) is 0 Å². The van der Waals surface area contributed by atoms with Gasteiger partial charge in [-0.2, -0.15) is 0 Å². The maximum absolute atomic E-state index is 11.5. The second-order valence-electron chi connectivity index (χ2n) is 6.56. The van der Waals surface area contributed by atoms with Gasteiger partial charge in [0.15, 0.2) is 0 Å². The van der Waals surface area contributed by atoms with E-state index >= 15 is 0 Å². The molecule has 1 saturated heterocycles. The van der Waals surface area contributed by atoms with Crippen LogP contribution in [0.25, 0.3) is 11.1 Å². The number of anilines is 1. The molecule has 138 valence electrons. The number of rotatable bonds is 5. The standard InChI is InChI=1S/C19H25N5O2/c1-4-24-8-9-26-16(12-24)17-15(11-21-19(22-17)23(2)3)13-6-5-7-14(10-13)18(20)25/h5-7,10-11,16H,4,8-9,12H2,1-3H3,(H2,20,25)/t16-/m1/s1. The van der Waals surface area contributed by atoms with E-state index in [9.17, 15) is 4.79 Å². The number of nitrogens with zero attached hydrogens (tertiary/aromatic N) is 4. The lowest BCUT2D eigenvalue weighted by Gasteiger charge is -2.32. The second kappa shape index (κ2) is 7.80. The lowest BCUT2D eigenvalue weighted by atomic mass is 9.99. The van der Waals surface area contributed by atoms with Crippen LogP contribution in [0.15, 0.2) is 30.5 Å². The van der Waals surface area contributed by atoms with Crippen molar-refractivity contribution in [3.8, 4) is 11.1 Å². The number of morpholine rings is 1. The van der Waals surface area contributed by atoms with Gasteiger partial charge in [0.25, 0.3) is 0 Å². The van der Waals surface area contributed by atoms with E-state index in [1.54, 1.807) is 18.3 Å². The van der Waals surface area contributed by atoms with Gasteiger partial charge in [-0.3, -0.25) is 9.69 Å². The molecular weight excluding hydrogens is 330 g/mol. The van der Waals surface area contributed by atoms with Crippen LogP contribution in [0.5, 0.6) is 0 Å². The van der Waals surface area contributed by atoms with Gasteiger partial charge in [-0.15, -0.1) is 0 Å². The van der Waals surface area contributed by atoms with Gasteiger partial charge in [0.2, 0.25) is 11.9 Å². The number of carbonyl (C=O) groups excluding carboxylic acids is 1. The number of hydrogen-bond acceptors (Lipinski definition) is 6. The summed E-state index contributed by atoms with van der Waals surface area (Å²) in [6, 6.07) is 7.24. The van der Waals surface area contributed by atoms with Crippen LogP contribution in [0.1, 0.15) is 29.1 Å². The minimum Gasteiger partial charge on any atom is -0.369 e. The van der Waals surface area contributed by atoms with Crippen LogP contribution in [0.3, 0.4) is 0 Å². The lowest BCUT2D eigenvalue weighted by Crippen LogP contribution is -2.38. The van der Waals surface area contributed by atoms with E-state index in [1.165, 1.54) is 0 Å². The van der Waals surface area contributed by atoms with Crippen LogP contribution in [0.4, 0.5) is 5.95 Å². The minimum absolute atomic E-state index is 0.141. The van der Waals surface area contributed by atoms with Crippen LogP contribution < -0.4 is 10.6 Å². The van der Waals surface area contributed by atoms with Crippen molar-refractivity contribution in [1.82, 2.24) is 14.9 Å². The van der Waals surface area contributed by atoms with Crippen molar-refractivity contribution in [2.75, 3.05) is 45.2 Å². The molecule has 1 atom stereocenters. The van der Waals surface area contributed by atoms with Gasteiger partial charge in [0.1, 0.15) is 6.10 Å². The predicted octanol–water partition coefficient (Wildman–Crippen LogP) is 1.70. The third kappa shape index (κ3) is 3.84. The Kier molecular flexibility index (Phi) is 5.49. The van der Waals surface area contributed by atoms with Gasteiger partial charge in [-0.25, -0.2) is 9.97 Å². The molecular formula is C19H25N5O2. The molecule has 2 aromatic rings. The number of aromatic nitrogens is 2. The highest BCUT2D eigenvalue weighted by atomic mass is 16.5. The molecule has 0 bridgehead atoms. The molecule has 1 amide bonds. The quantitative estimate of drug-likeness (QED) is 0.879. The Bertz CT molecular complexity index is 793. The number of ether oxygens (including phenoxy) is 1. The van der Waals surface area contributed by atoms with Crippen molar-refractivity contribution < 1.29 is 9.53 Å². The summed E-state index contributed by atoms with van der Waals surface area (Å²) in [5.41, 5.74) is 8.46. The molecule has 1 fully saturated rings. The summed E-state index contributed by atoms with van der Waals surface area (Å²) in [6.07, 6.45) is 1.66. The molecule has 0 aliphatic carbocycles.